The van der Waals surface area contributed by atoms with E-state index >= 15 is 0 Å². The quantitative estimate of drug-likeness (QED) is 0.644. The van der Waals surface area contributed by atoms with Crippen LogP contribution in [-0.4, -0.2) is 15.3 Å². The Balaban J connectivity index is 2.21. The smallest absolute Gasteiger partial charge is 0.156 e. The molecule has 0 aliphatic heterocycles. The van der Waals surface area contributed by atoms with Gasteiger partial charge in [-0.05, 0) is 12.8 Å². The molecule has 1 heterocycles. The van der Waals surface area contributed by atoms with Crippen LogP contribution in [0.3, 0.4) is 0 Å². The molecule has 0 bridgehead atoms. The van der Waals surface area contributed by atoms with E-state index < -0.39 is 0 Å². The SMILES string of the molecule is Oc1cn[nH]c1C1CCCC1. The van der Waals surface area contributed by atoms with Gasteiger partial charge in [0.15, 0.2) is 5.75 Å². The summed E-state index contributed by atoms with van der Waals surface area (Å²) in [5.74, 6) is 0.856. The number of aromatic hydroxyl groups is 1. The van der Waals surface area contributed by atoms with E-state index in [1.165, 1.54) is 31.9 Å². The van der Waals surface area contributed by atoms with Crippen molar-refractivity contribution in [2.75, 3.05) is 0 Å². The molecule has 0 aromatic carbocycles. The van der Waals surface area contributed by atoms with E-state index in [0.29, 0.717) is 11.7 Å². The lowest BCUT2D eigenvalue weighted by atomic mass is 10.0. The molecular weight excluding hydrogens is 140 g/mol. The minimum absolute atomic E-state index is 0.330. The van der Waals surface area contributed by atoms with Crippen molar-refractivity contribution in [1.29, 1.82) is 0 Å². The summed E-state index contributed by atoms with van der Waals surface area (Å²) in [7, 11) is 0. The Morgan fingerprint density at radius 3 is 2.73 bits per heavy atom. The van der Waals surface area contributed by atoms with Crippen LogP contribution in [-0.2, 0) is 0 Å². The van der Waals surface area contributed by atoms with Gasteiger partial charge in [-0.1, -0.05) is 12.8 Å². The number of hydrogen-bond acceptors (Lipinski definition) is 2. The lowest BCUT2D eigenvalue weighted by Crippen LogP contribution is -1.92. The summed E-state index contributed by atoms with van der Waals surface area (Å²) in [4.78, 5) is 0. The molecule has 0 unspecified atom stereocenters. The molecule has 0 radical (unpaired) electrons. The Morgan fingerprint density at radius 2 is 2.18 bits per heavy atom. The first-order valence-corrected chi connectivity index (χ1v) is 4.10. The second-order valence-electron chi connectivity index (χ2n) is 3.15. The van der Waals surface area contributed by atoms with Crippen molar-refractivity contribution in [3.63, 3.8) is 0 Å². The molecule has 2 N–H and O–H groups in total. The molecule has 1 aliphatic carbocycles. The summed E-state index contributed by atoms with van der Waals surface area (Å²) >= 11 is 0. The maximum atomic E-state index is 9.32. The first-order valence-electron chi connectivity index (χ1n) is 4.10. The fourth-order valence-electron chi connectivity index (χ4n) is 1.80. The van der Waals surface area contributed by atoms with Gasteiger partial charge in [-0.3, -0.25) is 5.10 Å². The standard InChI is InChI=1S/C8H12N2O/c11-7-5-9-10-8(7)6-3-1-2-4-6/h5-6,11H,1-4H2,(H,9,10). The predicted octanol–water partition coefficient (Wildman–Crippen LogP) is 1.77. The van der Waals surface area contributed by atoms with Crippen LogP contribution in [0.4, 0.5) is 0 Å². The maximum Gasteiger partial charge on any atom is 0.156 e. The van der Waals surface area contributed by atoms with Crippen molar-refractivity contribution in [1.82, 2.24) is 10.2 Å². The topological polar surface area (TPSA) is 48.9 Å². The minimum atomic E-state index is 0.330. The number of H-pyrrole nitrogens is 1. The number of aromatic nitrogens is 2. The van der Waals surface area contributed by atoms with Crippen LogP contribution < -0.4 is 0 Å². The summed E-state index contributed by atoms with van der Waals surface area (Å²) in [6.07, 6.45) is 6.42. The lowest BCUT2D eigenvalue weighted by molar-refractivity contribution is 0.460. The van der Waals surface area contributed by atoms with Crippen molar-refractivity contribution >= 4 is 0 Å². The normalized spacial score (nSPS) is 19.3. The fourth-order valence-corrected chi connectivity index (χ4v) is 1.80. The van der Waals surface area contributed by atoms with Crippen LogP contribution in [0.1, 0.15) is 37.3 Å². The minimum Gasteiger partial charge on any atom is -0.504 e. The summed E-state index contributed by atoms with van der Waals surface area (Å²) in [6, 6.07) is 0. The fraction of sp³-hybridized carbons (Fsp3) is 0.625. The van der Waals surface area contributed by atoms with Crippen molar-refractivity contribution in [3.05, 3.63) is 11.9 Å². The monoisotopic (exact) mass is 152 g/mol. The third-order valence-corrected chi connectivity index (χ3v) is 2.41. The molecule has 0 saturated heterocycles. The van der Waals surface area contributed by atoms with E-state index in [2.05, 4.69) is 10.2 Å². The van der Waals surface area contributed by atoms with Crippen LogP contribution in [0.2, 0.25) is 0 Å². The zero-order chi connectivity index (χ0) is 7.68. The molecule has 1 aromatic heterocycles. The number of rotatable bonds is 1. The Morgan fingerprint density at radius 1 is 1.45 bits per heavy atom. The van der Waals surface area contributed by atoms with Crippen molar-refractivity contribution < 1.29 is 5.11 Å². The lowest BCUT2D eigenvalue weighted by Gasteiger charge is -2.04. The van der Waals surface area contributed by atoms with Crippen molar-refractivity contribution in [2.45, 2.75) is 31.6 Å². The molecule has 3 heteroatoms. The Kier molecular flexibility index (Phi) is 1.56. The van der Waals surface area contributed by atoms with Crippen LogP contribution >= 0.6 is 0 Å². The Hall–Kier alpha value is -0.990. The molecule has 2 rings (SSSR count). The molecule has 60 valence electrons. The van der Waals surface area contributed by atoms with Crippen LogP contribution in [0, 0.1) is 0 Å². The molecule has 11 heavy (non-hydrogen) atoms. The molecular formula is C8H12N2O. The van der Waals surface area contributed by atoms with E-state index in [1.54, 1.807) is 0 Å². The Labute approximate surface area is 65.4 Å². The highest BCUT2D eigenvalue weighted by Crippen LogP contribution is 2.36. The van der Waals surface area contributed by atoms with Gasteiger partial charge in [0, 0.05) is 5.92 Å². The first-order chi connectivity index (χ1) is 5.38. The number of nitrogens with one attached hydrogen (secondary N) is 1. The molecule has 1 saturated carbocycles. The van der Waals surface area contributed by atoms with E-state index in [9.17, 15) is 5.11 Å². The average Bonchev–Trinajstić information content (AvgIpc) is 2.55. The highest BCUT2D eigenvalue weighted by atomic mass is 16.3. The summed E-state index contributed by atoms with van der Waals surface area (Å²) < 4.78 is 0. The molecule has 0 spiro atoms. The van der Waals surface area contributed by atoms with E-state index in [4.69, 9.17) is 0 Å². The van der Waals surface area contributed by atoms with Gasteiger partial charge < -0.3 is 5.11 Å². The third-order valence-electron chi connectivity index (χ3n) is 2.41. The molecule has 1 aliphatic rings. The summed E-state index contributed by atoms with van der Waals surface area (Å²) in [5.41, 5.74) is 0.933. The summed E-state index contributed by atoms with van der Waals surface area (Å²) in [6.45, 7) is 0. The second kappa shape index (κ2) is 2.57. The number of aromatic amines is 1. The first kappa shape index (κ1) is 6.70. The zero-order valence-electron chi connectivity index (χ0n) is 6.38. The van der Waals surface area contributed by atoms with Gasteiger partial charge in [-0.15, -0.1) is 0 Å². The predicted molar refractivity (Wildman–Crippen MR) is 41.5 cm³/mol. The van der Waals surface area contributed by atoms with Crippen LogP contribution in [0.5, 0.6) is 5.75 Å². The van der Waals surface area contributed by atoms with Gasteiger partial charge >= 0.3 is 0 Å². The highest BCUT2D eigenvalue weighted by Gasteiger charge is 2.20. The van der Waals surface area contributed by atoms with E-state index in [0.717, 1.165) is 5.69 Å². The highest BCUT2D eigenvalue weighted by molar-refractivity contribution is 5.25. The molecule has 0 atom stereocenters. The van der Waals surface area contributed by atoms with Crippen LogP contribution in [0.25, 0.3) is 0 Å². The van der Waals surface area contributed by atoms with Gasteiger partial charge in [-0.25, -0.2) is 0 Å². The summed E-state index contributed by atoms with van der Waals surface area (Å²) in [5, 5.41) is 16.0. The molecule has 3 nitrogen and oxygen atoms in total. The van der Waals surface area contributed by atoms with E-state index in [-0.39, 0.29) is 0 Å². The number of hydrogen-bond donors (Lipinski definition) is 2. The van der Waals surface area contributed by atoms with Crippen molar-refractivity contribution in [2.24, 2.45) is 0 Å². The van der Waals surface area contributed by atoms with Gasteiger partial charge in [0.05, 0.1) is 11.9 Å². The third kappa shape index (κ3) is 1.11. The maximum absolute atomic E-state index is 9.32. The van der Waals surface area contributed by atoms with Gasteiger partial charge in [0.25, 0.3) is 0 Å². The molecule has 1 aromatic rings. The Bertz CT molecular complexity index is 238. The van der Waals surface area contributed by atoms with Gasteiger partial charge in [0.2, 0.25) is 0 Å². The molecule has 0 amide bonds. The largest absolute Gasteiger partial charge is 0.504 e. The van der Waals surface area contributed by atoms with Gasteiger partial charge in [0.1, 0.15) is 0 Å². The van der Waals surface area contributed by atoms with Crippen molar-refractivity contribution in [3.8, 4) is 5.75 Å². The zero-order valence-corrected chi connectivity index (χ0v) is 6.38. The second-order valence-corrected chi connectivity index (χ2v) is 3.15. The average molecular weight is 152 g/mol. The van der Waals surface area contributed by atoms with Gasteiger partial charge in [-0.2, -0.15) is 5.10 Å². The molecule has 1 fully saturated rings. The van der Waals surface area contributed by atoms with E-state index in [1.807, 2.05) is 0 Å². The number of nitrogens with zero attached hydrogens (tertiary/aromatic N) is 1. The van der Waals surface area contributed by atoms with Crippen LogP contribution in [0.15, 0.2) is 6.20 Å².